The quantitative estimate of drug-likeness (QED) is 0.501. The molecule has 8 heteroatoms. The van der Waals surface area contributed by atoms with E-state index in [2.05, 4.69) is 10.3 Å². The predicted molar refractivity (Wildman–Crippen MR) is 124 cm³/mol. The molecule has 166 valence electrons. The summed E-state index contributed by atoms with van der Waals surface area (Å²) in [7, 11) is -3.48. The molecule has 0 spiro atoms. The van der Waals surface area contributed by atoms with Crippen molar-refractivity contribution in [1.82, 2.24) is 15.3 Å². The van der Waals surface area contributed by atoms with Gasteiger partial charge in [-0.3, -0.25) is 9.78 Å². The zero-order valence-electron chi connectivity index (χ0n) is 17.7. The van der Waals surface area contributed by atoms with Crippen LogP contribution in [0.4, 0.5) is 0 Å². The highest BCUT2D eigenvalue weighted by atomic mass is 32.2. The van der Waals surface area contributed by atoms with Crippen LogP contribution in [-0.2, 0) is 27.7 Å². The molecule has 3 heterocycles. The molecule has 1 aliphatic rings. The van der Waals surface area contributed by atoms with Crippen molar-refractivity contribution in [3.63, 3.8) is 0 Å². The number of pyridine rings is 2. The number of benzene rings is 2. The highest BCUT2D eigenvalue weighted by molar-refractivity contribution is 7.91. The van der Waals surface area contributed by atoms with Gasteiger partial charge in [0.15, 0.2) is 9.84 Å². The fourth-order valence-electron chi connectivity index (χ4n) is 3.76. The Labute approximate surface area is 191 Å². The molecule has 4 aromatic rings. The zero-order chi connectivity index (χ0) is 22.8. The highest BCUT2D eigenvalue weighted by Gasteiger charge is 2.23. The number of sulfone groups is 1. The van der Waals surface area contributed by atoms with Gasteiger partial charge in [-0.2, -0.15) is 0 Å². The van der Waals surface area contributed by atoms with Crippen LogP contribution in [0.3, 0.4) is 0 Å². The molecule has 1 aliphatic heterocycles. The maximum atomic E-state index is 12.7. The Bertz CT molecular complexity index is 1450. The van der Waals surface area contributed by atoms with Crippen molar-refractivity contribution in [2.45, 2.75) is 18.0 Å². The summed E-state index contributed by atoms with van der Waals surface area (Å²) < 4.78 is 30.3. The maximum Gasteiger partial charge on any atom is 0.251 e. The van der Waals surface area contributed by atoms with Crippen molar-refractivity contribution >= 4 is 26.6 Å². The van der Waals surface area contributed by atoms with Crippen molar-refractivity contribution in [3.05, 3.63) is 89.7 Å². The first-order chi connectivity index (χ1) is 16.0. The van der Waals surface area contributed by atoms with Gasteiger partial charge in [-0.05, 0) is 35.9 Å². The fourth-order valence-corrected chi connectivity index (χ4v) is 5.15. The number of rotatable bonds is 4. The third kappa shape index (κ3) is 4.48. The van der Waals surface area contributed by atoms with Gasteiger partial charge < -0.3 is 10.1 Å². The molecule has 33 heavy (non-hydrogen) atoms. The molecule has 2 aromatic carbocycles. The molecule has 0 radical (unpaired) electrons. The predicted octanol–water partition coefficient (Wildman–Crippen LogP) is 3.53. The van der Waals surface area contributed by atoms with Gasteiger partial charge in [-0.15, -0.1) is 0 Å². The zero-order valence-corrected chi connectivity index (χ0v) is 18.5. The van der Waals surface area contributed by atoms with E-state index in [1.165, 1.54) is 6.07 Å². The van der Waals surface area contributed by atoms with Crippen molar-refractivity contribution < 1.29 is 17.9 Å². The van der Waals surface area contributed by atoms with Gasteiger partial charge in [0, 0.05) is 22.7 Å². The highest BCUT2D eigenvalue weighted by Crippen LogP contribution is 2.23. The topological polar surface area (TPSA) is 98.3 Å². The Morgan fingerprint density at radius 3 is 2.73 bits per heavy atom. The third-order valence-electron chi connectivity index (χ3n) is 5.55. The summed E-state index contributed by atoms with van der Waals surface area (Å²) in [6.45, 7) is 0.556. The first kappa shape index (κ1) is 21.2. The lowest BCUT2D eigenvalue weighted by Crippen LogP contribution is -2.23. The van der Waals surface area contributed by atoms with Crippen LogP contribution in [0.15, 0.2) is 77.8 Å². The minimum atomic E-state index is -3.48. The van der Waals surface area contributed by atoms with Crippen molar-refractivity contribution in [2.75, 3.05) is 12.4 Å². The molecule has 1 amide bonds. The standard InChI is InChI=1S/C25H21N3O4S/c29-25(18-6-7-20-16-32-10-11-33(30,31)24(20)12-18)27-15-21-13-23-19(14-26-21)8-9-22(28-23)17-4-2-1-3-5-17/h1-9,12-14H,10-11,15-16H2,(H,27,29). The number of hydrogen-bond donors (Lipinski definition) is 1. The molecule has 0 atom stereocenters. The molecule has 2 aromatic heterocycles. The van der Waals surface area contributed by atoms with Gasteiger partial charge in [-0.25, -0.2) is 13.4 Å². The van der Waals surface area contributed by atoms with E-state index in [0.717, 1.165) is 22.2 Å². The summed E-state index contributed by atoms with van der Waals surface area (Å²) in [6.07, 6.45) is 1.73. The number of carbonyl (C=O) groups excluding carboxylic acids is 1. The molecular weight excluding hydrogens is 438 g/mol. The molecule has 0 fully saturated rings. The van der Waals surface area contributed by atoms with Crippen molar-refractivity contribution in [1.29, 1.82) is 0 Å². The van der Waals surface area contributed by atoms with Crippen LogP contribution >= 0.6 is 0 Å². The number of carbonyl (C=O) groups is 1. The van der Waals surface area contributed by atoms with Crippen LogP contribution in [0.1, 0.15) is 21.6 Å². The largest absolute Gasteiger partial charge is 0.376 e. The summed E-state index contributed by atoms with van der Waals surface area (Å²) in [6, 6.07) is 20.4. The second-order valence-electron chi connectivity index (χ2n) is 7.81. The van der Waals surface area contributed by atoms with Crippen LogP contribution in [0.2, 0.25) is 0 Å². The van der Waals surface area contributed by atoms with Gasteiger partial charge in [-0.1, -0.05) is 36.4 Å². The number of fused-ring (bicyclic) bond motifs is 2. The molecule has 0 unspecified atom stereocenters. The monoisotopic (exact) mass is 459 g/mol. The Balaban J connectivity index is 1.35. The first-order valence-electron chi connectivity index (χ1n) is 10.5. The second-order valence-corrected chi connectivity index (χ2v) is 9.89. The lowest BCUT2D eigenvalue weighted by molar-refractivity contribution is 0.0950. The van der Waals surface area contributed by atoms with E-state index in [9.17, 15) is 13.2 Å². The van der Waals surface area contributed by atoms with Crippen LogP contribution in [-0.4, -0.2) is 36.7 Å². The number of ether oxygens (including phenoxy) is 1. The van der Waals surface area contributed by atoms with E-state index in [1.54, 1.807) is 18.3 Å². The van der Waals surface area contributed by atoms with E-state index in [-0.39, 0.29) is 41.9 Å². The summed E-state index contributed by atoms with van der Waals surface area (Å²) in [5.41, 5.74) is 4.18. The van der Waals surface area contributed by atoms with Crippen LogP contribution in [0.5, 0.6) is 0 Å². The lowest BCUT2D eigenvalue weighted by Gasteiger charge is -2.10. The number of nitrogens with one attached hydrogen (secondary N) is 1. The minimum Gasteiger partial charge on any atom is -0.376 e. The van der Waals surface area contributed by atoms with Gasteiger partial charge >= 0.3 is 0 Å². The molecule has 0 saturated carbocycles. The smallest absolute Gasteiger partial charge is 0.251 e. The molecule has 0 bridgehead atoms. The van der Waals surface area contributed by atoms with Crippen LogP contribution in [0, 0.1) is 0 Å². The summed E-state index contributed by atoms with van der Waals surface area (Å²) in [5.74, 6) is -0.463. The second kappa shape index (κ2) is 8.73. The SMILES string of the molecule is O=C(NCc1cc2nc(-c3ccccc3)ccc2cn1)c1ccc2c(c1)S(=O)(=O)CCOC2. The molecule has 7 nitrogen and oxygen atoms in total. The number of hydrogen-bond acceptors (Lipinski definition) is 6. The molecular formula is C25H21N3O4S. The average molecular weight is 460 g/mol. The van der Waals surface area contributed by atoms with Gasteiger partial charge in [0.05, 0.1) is 47.3 Å². The summed E-state index contributed by atoms with van der Waals surface area (Å²) in [5, 5.41) is 3.73. The van der Waals surface area contributed by atoms with Crippen molar-refractivity contribution in [2.24, 2.45) is 0 Å². The molecule has 1 N–H and O–H groups in total. The van der Waals surface area contributed by atoms with Gasteiger partial charge in [0.2, 0.25) is 0 Å². The summed E-state index contributed by atoms with van der Waals surface area (Å²) >= 11 is 0. The first-order valence-corrected chi connectivity index (χ1v) is 12.2. The normalized spacial score (nSPS) is 14.9. The molecule has 0 aliphatic carbocycles. The van der Waals surface area contributed by atoms with E-state index in [1.807, 2.05) is 48.5 Å². The molecule has 5 rings (SSSR count). The number of nitrogens with zero attached hydrogens (tertiary/aromatic N) is 2. The average Bonchev–Trinajstić information content (AvgIpc) is 3.00. The number of aromatic nitrogens is 2. The Kier molecular flexibility index (Phi) is 5.62. The van der Waals surface area contributed by atoms with E-state index in [4.69, 9.17) is 9.72 Å². The van der Waals surface area contributed by atoms with Gasteiger partial charge in [0.1, 0.15) is 0 Å². The Morgan fingerprint density at radius 1 is 1.03 bits per heavy atom. The fraction of sp³-hybridized carbons (Fsp3) is 0.160. The van der Waals surface area contributed by atoms with E-state index in [0.29, 0.717) is 11.3 Å². The van der Waals surface area contributed by atoms with Gasteiger partial charge in [0.25, 0.3) is 5.91 Å². The van der Waals surface area contributed by atoms with E-state index < -0.39 is 9.84 Å². The van der Waals surface area contributed by atoms with Crippen LogP contribution < -0.4 is 5.32 Å². The maximum absolute atomic E-state index is 12.7. The van der Waals surface area contributed by atoms with E-state index >= 15 is 0 Å². The molecule has 0 saturated heterocycles. The minimum absolute atomic E-state index is 0.0932. The van der Waals surface area contributed by atoms with Crippen LogP contribution in [0.25, 0.3) is 22.2 Å². The summed E-state index contributed by atoms with van der Waals surface area (Å²) in [4.78, 5) is 22.0. The third-order valence-corrected chi connectivity index (χ3v) is 7.30. The lowest BCUT2D eigenvalue weighted by atomic mass is 10.1. The Morgan fingerprint density at radius 2 is 1.88 bits per heavy atom. The Hall–Kier alpha value is -3.62. The number of amides is 1. The van der Waals surface area contributed by atoms with Crippen molar-refractivity contribution in [3.8, 4) is 11.3 Å².